The van der Waals surface area contributed by atoms with E-state index in [-0.39, 0.29) is 23.0 Å². The molecular weight excluding hydrogens is 697 g/mol. The average molecular weight is 723 g/mol. The fraction of sp³-hybridized carbons (Fsp3) is 0.189. The summed E-state index contributed by atoms with van der Waals surface area (Å²) in [4.78, 5) is 8.48. The Morgan fingerprint density at radius 3 is 1.69 bits per heavy atom. The largest absolute Gasteiger partial charge is 0.432 e. The number of ether oxygens (including phenoxy) is 1. The van der Waals surface area contributed by atoms with Gasteiger partial charge in [-0.2, -0.15) is 22.0 Å². The monoisotopic (exact) mass is 722 g/mol. The Labute approximate surface area is 284 Å². The summed E-state index contributed by atoms with van der Waals surface area (Å²) >= 11 is 0. The molecule has 5 aromatic rings. The minimum Gasteiger partial charge on any atom is -0.429 e. The summed E-state index contributed by atoms with van der Waals surface area (Å²) in [7, 11) is 0. The van der Waals surface area contributed by atoms with Gasteiger partial charge in [0.1, 0.15) is 46.2 Å². The molecule has 0 aliphatic heterocycles. The number of hydrogen-bond acceptors (Lipinski definition) is 3. The van der Waals surface area contributed by atoms with Crippen LogP contribution in [0.25, 0.3) is 39.7 Å². The van der Waals surface area contributed by atoms with Gasteiger partial charge in [0.25, 0.3) is 0 Å². The molecule has 14 heteroatoms. The molecule has 0 N–H and O–H groups in total. The minimum atomic E-state index is -4.86. The van der Waals surface area contributed by atoms with Crippen molar-refractivity contribution in [3.63, 3.8) is 0 Å². The van der Waals surface area contributed by atoms with Crippen LogP contribution in [0.15, 0.2) is 79.1 Å². The quantitative estimate of drug-likeness (QED) is 0.101. The third-order valence-electron chi connectivity index (χ3n) is 7.66. The highest BCUT2D eigenvalue weighted by molar-refractivity contribution is 5.70. The number of rotatable bonds is 11. The van der Waals surface area contributed by atoms with E-state index in [4.69, 9.17) is 0 Å². The summed E-state index contributed by atoms with van der Waals surface area (Å²) in [6, 6.07) is 7.41. The Kier molecular flexibility index (Phi) is 10.8. The van der Waals surface area contributed by atoms with E-state index < -0.39 is 86.8 Å². The van der Waals surface area contributed by atoms with Crippen molar-refractivity contribution in [2.24, 2.45) is 0 Å². The molecule has 5 rings (SSSR count). The average Bonchev–Trinajstić information content (AvgIpc) is 3.03. The molecule has 51 heavy (non-hydrogen) atoms. The number of aromatic nitrogens is 2. The standard InChI is InChI=1S/C37H25F11N2O/c1-2-3-4-5-20-18-49-35(50-19-20)21-6-8-25(28(38)12-21)23-15-32(42)34(33(43)16-23)37(47,48)51-24-7-9-26(31(41)17-24)22-13-29(39)27(30(40)14-22)10-11-36(44,45)46/h6-19H,2-5H2,1H3/b11-10+. The third-order valence-corrected chi connectivity index (χ3v) is 7.66. The van der Waals surface area contributed by atoms with E-state index in [0.717, 1.165) is 43.4 Å². The Bertz CT molecular complexity index is 2030. The molecular formula is C37H25F11N2O. The molecule has 0 atom stereocenters. The van der Waals surface area contributed by atoms with Crippen LogP contribution in [0.4, 0.5) is 48.3 Å². The van der Waals surface area contributed by atoms with Crippen LogP contribution in [0.3, 0.4) is 0 Å². The molecule has 0 unspecified atom stereocenters. The smallest absolute Gasteiger partial charge is 0.429 e. The molecule has 0 saturated carbocycles. The molecule has 1 aromatic heterocycles. The summed E-state index contributed by atoms with van der Waals surface area (Å²) in [6.45, 7) is 2.07. The van der Waals surface area contributed by atoms with Crippen LogP contribution in [-0.4, -0.2) is 16.1 Å². The maximum absolute atomic E-state index is 15.1. The van der Waals surface area contributed by atoms with Crippen LogP contribution in [-0.2, 0) is 12.5 Å². The van der Waals surface area contributed by atoms with E-state index >= 15 is 22.0 Å². The number of alkyl halides is 5. The maximum Gasteiger partial charge on any atom is 0.432 e. The molecule has 3 nitrogen and oxygen atoms in total. The zero-order chi connectivity index (χ0) is 37.1. The van der Waals surface area contributed by atoms with Gasteiger partial charge < -0.3 is 4.74 Å². The van der Waals surface area contributed by atoms with E-state index in [0.29, 0.717) is 36.4 Å². The van der Waals surface area contributed by atoms with Crippen molar-refractivity contribution in [2.75, 3.05) is 0 Å². The second kappa shape index (κ2) is 14.9. The van der Waals surface area contributed by atoms with Gasteiger partial charge in [0, 0.05) is 46.8 Å². The van der Waals surface area contributed by atoms with Gasteiger partial charge in [-0.25, -0.2) is 36.3 Å². The number of benzene rings is 4. The molecule has 0 amide bonds. The highest BCUT2D eigenvalue weighted by atomic mass is 19.4. The zero-order valence-electron chi connectivity index (χ0n) is 26.4. The molecule has 0 aliphatic carbocycles. The van der Waals surface area contributed by atoms with Gasteiger partial charge in [-0.15, -0.1) is 0 Å². The predicted molar refractivity (Wildman–Crippen MR) is 167 cm³/mol. The van der Waals surface area contributed by atoms with Crippen LogP contribution in [0.1, 0.15) is 42.9 Å². The Hall–Kier alpha value is -5.27. The molecule has 1 heterocycles. The molecule has 0 fully saturated rings. The first-order valence-corrected chi connectivity index (χ1v) is 15.3. The lowest BCUT2D eigenvalue weighted by Gasteiger charge is -2.20. The first kappa shape index (κ1) is 37.0. The predicted octanol–water partition coefficient (Wildman–Crippen LogP) is 11.7. The molecule has 0 spiro atoms. The lowest BCUT2D eigenvalue weighted by Crippen LogP contribution is -2.25. The van der Waals surface area contributed by atoms with Gasteiger partial charge in [0.05, 0.1) is 0 Å². The van der Waals surface area contributed by atoms with Crippen LogP contribution in [0.2, 0.25) is 0 Å². The molecule has 0 aliphatic rings. The van der Waals surface area contributed by atoms with Gasteiger partial charge in [-0.3, -0.25) is 0 Å². The van der Waals surface area contributed by atoms with Crippen molar-refractivity contribution in [3.05, 3.63) is 131 Å². The number of allylic oxidation sites excluding steroid dienone is 1. The van der Waals surface area contributed by atoms with Crippen molar-refractivity contribution in [1.29, 1.82) is 0 Å². The van der Waals surface area contributed by atoms with Gasteiger partial charge in [0.2, 0.25) is 0 Å². The molecule has 0 bridgehead atoms. The fourth-order valence-corrected chi connectivity index (χ4v) is 5.18. The van der Waals surface area contributed by atoms with Crippen molar-refractivity contribution in [2.45, 2.75) is 44.9 Å². The van der Waals surface area contributed by atoms with Crippen LogP contribution >= 0.6 is 0 Å². The van der Waals surface area contributed by atoms with Crippen LogP contribution in [0.5, 0.6) is 5.75 Å². The summed E-state index contributed by atoms with van der Waals surface area (Å²) in [5.74, 6) is -9.65. The van der Waals surface area contributed by atoms with Gasteiger partial charge in [-0.1, -0.05) is 31.9 Å². The summed E-state index contributed by atoms with van der Waals surface area (Å²) in [5, 5.41) is 0. The Morgan fingerprint density at radius 2 is 1.16 bits per heavy atom. The van der Waals surface area contributed by atoms with Crippen molar-refractivity contribution >= 4 is 6.08 Å². The second-order valence-electron chi connectivity index (χ2n) is 11.4. The Morgan fingerprint density at radius 1 is 0.627 bits per heavy atom. The lowest BCUT2D eigenvalue weighted by atomic mass is 10.00. The van der Waals surface area contributed by atoms with Crippen molar-refractivity contribution < 1.29 is 53.0 Å². The number of unbranched alkanes of at least 4 members (excludes halogenated alkanes) is 2. The van der Waals surface area contributed by atoms with E-state index in [1.54, 1.807) is 12.4 Å². The van der Waals surface area contributed by atoms with E-state index in [1.807, 2.05) is 0 Å². The second-order valence-corrected chi connectivity index (χ2v) is 11.4. The van der Waals surface area contributed by atoms with E-state index in [1.165, 1.54) is 12.1 Å². The number of aryl methyl sites for hydroxylation is 1. The van der Waals surface area contributed by atoms with Crippen molar-refractivity contribution in [3.8, 4) is 39.4 Å². The Balaban J connectivity index is 1.35. The van der Waals surface area contributed by atoms with Gasteiger partial charge in [0.15, 0.2) is 5.82 Å². The van der Waals surface area contributed by atoms with Crippen LogP contribution < -0.4 is 4.74 Å². The molecule has 0 radical (unpaired) electrons. The summed E-state index contributed by atoms with van der Waals surface area (Å²) in [6.07, 6.45) is -2.80. The van der Waals surface area contributed by atoms with Crippen LogP contribution in [0, 0.1) is 34.9 Å². The molecule has 4 aromatic carbocycles. The normalized spacial score (nSPS) is 12.2. The first-order chi connectivity index (χ1) is 24.1. The van der Waals surface area contributed by atoms with Gasteiger partial charge in [-0.05, 0) is 78.1 Å². The SMILES string of the molecule is CCCCCc1cnc(-c2ccc(-c3cc(F)c(C(F)(F)Oc4ccc(-c5cc(F)c(/C=C/C(F)(F)F)c(F)c5)c(F)c4)c(F)c3)c(F)c2)nc1. The summed E-state index contributed by atoms with van der Waals surface area (Å²) in [5.41, 5.74) is -3.56. The fourth-order valence-electron chi connectivity index (χ4n) is 5.18. The maximum atomic E-state index is 15.1. The molecule has 0 saturated heterocycles. The minimum absolute atomic E-state index is 0.145. The number of nitrogens with zero attached hydrogens (tertiary/aromatic N) is 2. The highest BCUT2D eigenvalue weighted by Gasteiger charge is 2.41. The summed E-state index contributed by atoms with van der Waals surface area (Å²) < 4.78 is 161. The zero-order valence-corrected chi connectivity index (χ0v) is 26.4. The van der Waals surface area contributed by atoms with E-state index in [2.05, 4.69) is 21.6 Å². The third kappa shape index (κ3) is 8.73. The van der Waals surface area contributed by atoms with Crippen molar-refractivity contribution in [1.82, 2.24) is 9.97 Å². The lowest BCUT2D eigenvalue weighted by molar-refractivity contribution is -0.189. The number of hydrogen-bond donors (Lipinski definition) is 0. The number of halogens is 11. The topological polar surface area (TPSA) is 35.0 Å². The first-order valence-electron chi connectivity index (χ1n) is 15.3. The van der Waals surface area contributed by atoms with Gasteiger partial charge >= 0.3 is 12.3 Å². The highest BCUT2D eigenvalue weighted by Crippen LogP contribution is 2.39. The molecule has 266 valence electrons. The van der Waals surface area contributed by atoms with E-state index in [9.17, 15) is 26.3 Å².